The molecule has 1 aromatic heterocycles. The lowest BCUT2D eigenvalue weighted by molar-refractivity contribution is -0.0727. The minimum Gasteiger partial charge on any atom is -0.469 e. The van der Waals surface area contributed by atoms with Crippen molar-refractivity contribution < 1.29 is 14.6 Å². The zero-order valence-electron chi connectivity index (χ0n) is 14.1. The van der Waals surface area contributed by atoms with Crippen molar-refractivity contribution in [1.29, 1.82) is 0 Å². The molecular formula is C20H28O3. The number of hydrogen-bond acceptors (Lipinski definition) is 3. The van der Waals surface area contributed by atoms with Crippen LogP contribution in [0.1, 0.15) is 69.1 Å². The summed E-state index contributed by atoms with van der Waals surface area (Å²) in [6.45, 7) is 2.45. The smallest absolute Gasteiger partial charge is 0.107 e. The van der Waals surface area contributed by atoms with Gasteiger partial charge in [0.05, 0.1) is 18.5 Å². The van der Waals surface area contributed by atoms with Gasteiger partial charge in [0.25, 0.3) is 0 Å². The van der Waals surface area contributed by atoms with Crippen LogP contribution >= 0.6 is 0 Å². The van der Waals surface area contributed by atoms with E-state index in [4.69, 9.17) is 4.42 Å². The number of rotatable bonds is 1. The molecule has 1 heterocycles. The van der Waals surface area contributed by atoms with Crippen LogP contribution in [-0.2, 0) is 6.42 Å². The van der Waals surface area contributed by atoms with Gasteiger partial charge in [-0.2, -0.15) is 0 Å². The second-order valence-corrected chi connectivity index (χ2v) is 9.23. The van der Waals surface area contributed by atoms with Gasteiger partial charge in [0.15, 0.2) is 0 Å². The van der Waals surface area contributed by atoms with Crippen molar-refractivity contribution in [2.45, 2.75) is 69.8 Å². The van der Waals surface area contributed by atoms with E-state index < -0.39 is 5.60 Å². The molecule has 0 aliphatic heterocycles. The van der Waals surface area contributed by atoms with Crippen LogP contribution in [0.3, 0.4) is 0 Å². The van der Waals surface area contributed by atoms with Crippen LogP contribution in [0.4, 0.5) is 0 Å². The van der Waals surface area contributed by atoms with E-state index in [2.05, 4.69) is 13.0 Å². The fourth-order valence-electron chi connectivity index (χ4n) is 7.51. The third kappa shape index (κ3) is 1.68. The Bertz CT molecular complexity index is 637. The van der Waals surface area contributed by atoms with E-state index in [1.54, 1.807) is 0 Å². The molecule has 2 N–H and O–H groups in total. The molecule has 4 aliphatic carbocycles. The van der Waals surface area contributed by atoms with Crippen LogP contribution < -0.4 is 0 Å². The van der Waals surface area contributed by atoms with Crippen molar-refractivity contribution >= 4 is 0 Å². The molecule has 126 valence electrons. The molecule has 0 aromatic carbocycles. The molecule has 3 unspecified atom stereocenters. The van der Waals surface area contributed by atoms with Crippen molar-refractivity contribution in [3.8, 4) is 0 Å². The van der Waals surface area contributed by atoms with Gasteiger partial charge in [-0.25, -0.2) is 0 Å². The zero-order valence-corrected chi connectivity index (χ0v) is 14.1. The monoisotopic (exact) mass is 316 g/mol. The van der Waals surface area contributed by atoms with Gasteiger partial charge in [-0.3, -0.25) is 0 Å². The van der Waals surface area contributed by atoms with Gasteiger partial charge in [-0.05, 0) is 85.2 Å². The topological polar surface area (TPSA) is 53.6 Å². The Labute approximate surface area is 138 Å². The van der Waals surface area contributed by atoms with Crippen molar-refractivity contribution in [2.75, 3.05) is 6.61 Å². The SMILES string of the molecule is CC12CCc3occc3[C@H]1CCC13CC(CC[C@H]12)[C@@](O)(CO)C3. The third-order valence-electron chi connectivity index (χ3n) is 8.46. The normalized spacial score (nSPS) is 51.0. The van der Waals surface area contributed by atoms with Gasteiger partial charge in [-0.15, -0.1) is 0 Å². The first-order valence-corrected chi connectivity index (χ1v) is 9.40. The van der Waals surface area contributed by atoms with Crippen LogP contribution in [0, 0.1) is 22.7 Å². The number of fused-ring (bicyclic) bond motifs is 5. The predicted molar refractivity (Wildman–Crippen MR) is 87.0 cm³/mol. The van der Waals surface area contributed by atoms with Crippen molar-refractivity contribution in [3.05, 3.63) is 23.7 Å². The molecule has 0 radical (unpaired) electrons. The molecule has 3 fully saturated rings. The molecule has 0 saturated heterocycles. The lowest BCUT2D eigenvalue weighted by atomic mass is 9.45. The number of aliphatic hydroxyl groups is 2. The first kappa shape index (κ1) is 14.5. The van der Waals surface area contributed by atoms with E-state index in [1.807, 2.05) is 6.26 Å². The van der Waals surface area contributed by atoms with Crippen LogP contribution in [0.5, 0.6) is 0 Å². The van der Waals surface area contributed by atoms with Crippen LogP contribution in [0.15, 0.2) is 16.7 Å². The molecule has 3 heteroatoms. The highest BCUT2D eigenvalue weighted by molar-refractivity contribution is 5.31. The largest absolute Gasteiger partial charge is 0.469 e. The number of furan rings is 1. The highest BCUT2D eigenvalue weighted by Crippen LogP contribution is 2.71. The van der Waals surface area contributed by atoms with Gasteiger partial charge in [0.2, 0.25) is 0 Å². The van der Waals surface area contributed by atoms with E-state index in [-0.39, 0.29) is 12.0 Å². The summed E-state index contributed by atoms with van der Waals surface area (Å²) in [6, 6.07) is 2.21. The minimum atomic E-state index is -0.812. The lowest BCUT2D eigenvalue weighted by Gasteiger charge is -2.59. The number of hydrogen-bond donors (Lipinski definition) is 2. The van der Waals surface area contributed by atoms with Gasteiger partial charge in [0.1, 0.15) is 5.76 Å². The summed E-state index contributed by atoms with van der Waals surface area (Å²) in [6.07, 6.45) is 10.9. The van der Waals surface area contributed by atoms with Gasteiger partial charge in [0, 0.05) is 6.42 Å². The van der Waals surface area contributed by atoms with E-state index in [1.165, 1.54) is 37.0 Å². The zero-order chi connectivity index (χ0) is 15.9. The second kappa shape index (κ2) is 4.43. The summed E-state index contributed by atoms with van der Waals surface area (Å²) in [5.41, 5.74) is 1.26. The first-order chi connectivity index (χ1) is 11.0. The second-order valence-electron chi connectivity index (χ2n) is 9.23. The van der Waals surface area contributed by atoms with Crippen LogP contribution in [0.2, 0.25) is 0 Å². The van der Waals surface area contributed by atoms with Crippen molar-refractivity contribution in [2.24, 2.45) is 22.7 Å². The highest BCUT2D eigenvalue weighted by atomic mass is 16.3. The van der Waals surface area contributed by atoms with E-state index >= 15 is 0 Å². The van der Waals surface area contributed by atoms with E-state index in [9.17, 15) is 10.2 Å². The summed E-state index contributed by atoms with van der Waals surface area (Å²) in [7, 11) is 0. The van der Waals surface area contributed by atoms with Gasteiger partial charge < -0.3 is 14.6 Å². The Morgan fingerprint density at radius 3 is 2.96 bits per heavy atom. The Hall–Kier alpha value is -0.800. The average Bonchev–Trinajstić information content (AvgIpc) is 3.09. The average molecular weight is 316 g/mol. The molecule has 4 aliphatic rings. The number of aryl methyl sites for hydroxylation is 1. The molecule has 6 atom stereocenters. The van der Waals surface area contributed by atoms with Crippen molar-refractivity contribution in [1.82, 2.24) is 0 Å². The molecule has 23 heavy (non-hydrogen) atoms. The summed E-state index contributed by atoms with van der Waals surface area (Å²) in [5, 5.41) is 20.7. The summed E-state index contributed by atoms with van der Waals surface area (Å²) in [4.78, 5) is 0. The Balaban J connectivity index is 1.56. The van der Waals surface area contributed by atoms with Crippen LogP contribution in [-0.4, -0.2) is 22.4 Å². The minimum absolute atomic E-state index is 0.0574. The first-order valence-electron chi connectivity index (χ1n) is 9.40. The molecule has 3 nitrogen and oxygen atoms in total. The molecule has 5 rings (SSSR count). The Morgan fingerprint density at radius 2 is 2.13 bits per heavy atom. The summed E-state index contributed by atoms with van der Waals surface area (Å²) in [5.74, 6) is 2.85. The predicted octanol–water partition coefficient (Wildman–Crippen LogP) is 3.64. The van der Waals surface area contributed by atoms with Gasteiger partial charge in [-0.1, -0.05) is 6.92 Å². The molecule has 1 spiro atoms. The molecular weight excluding hydrogens is 288 g/mol. The Kier molecular flexibility index (Phi) is 2.80. The molecule has 1 aromatic rings. The fourth-order valence-corrected chi connectivity index (χ4v) is 7.51. The Morgan fingerprint density at radius 1 is 1.26 bits per heavy atom. The molecule has 0 amide bonds. The quantitative estimate of drug-likeness (QED) is 0.831. The van der Waals surface area contributed by atoms with Crippen LogP contribution in [0.25, 0.3) is 0 Å². The summed E-state index contributed by atoms with van der Waals surface area (Å²) >= 11 is 0. The standard InChI is InChI=1S/C20H28O3/c1-18-7-5-16-14(6-9-23-16)15(18)4-8-19-10-13(2-3-17(18)19)20(22,11-19)12-21/h6,9,13,15,17,21-22H,2-5,7-8,10-12H2,1H3/t13?,15-,17+,18?,19?,20+/m1/s1. The molecule has 3 saturated carbocycles. The summed E-state index contributed by atoms with van der Waals surface area (Å²) < 4.78 is 5.72. The maximum Gasteiger partial charge on any atom is 0.107 e. The highest BCUT2D eigenvalue weighted by Gasteiger charge is 2.65. The number of aliphatic hydroxyl groups excluding tert-OH is 1. The van der Waals surface area contributed by atoms with Crippen molar-refractivity contribution in [3.63, 3.8) is 0 Å². The third-order valence-corrected chi connectivity index (χ3v) is 8.46. The maximum atomic E-state index is 10.9. The van der Waals surface area contributed by atoms with Gasteiger partial charge >= 0.3 is 0 Å². The van der Waals surface area contributed by atoms with E-state index in [0.29, 0.717) is 23.2 Å². The van der Waals surface area contributed by atoms with E-state index in [0.717, 1.165) is 25.7 Å². The fraction of sp³-hybridized carbons (Fsp3) is 0.800. The lowest BCUT2D eigenvalue weighted by Crippen LogP contribution is -2.51. The molecule has 2 bridgehead atoms. The maximum absolute atomic E-state index is 10.9.